The molecule has 0 N–H and O–H groups in total. The lowest BCUT2D eigenvalue weighted by Crippen LogP contribution is -2.35. The number of fused-ring (bicyclic) bond motifs is 13. The summed E-state index contributed by atoms with van der Waals surface area (Å²) in [6, 6.07) is 52.0. The molecule has 0 bridgehead atoms. The van der Waals surface area contributed by atoms with Crippen molar-refractivity contribution >= 4 is 5.57 Å². The van der Waals surface area contributed by atoms with Crippen LogP contribution >= 0.6 is 0 Å². The molecule has 0 radical (unpaired) electrons. The molecule has 0 heteroatoms. The van der Waals surface area contributed by atoms with Gasteiger partial charge in [0.05, 0.1) is 5.41 Å². The summed E-state index contributed by atoms with van der Waals surface area (Å²) < 4.78 is 0. The number of rotatable bonds is 4. The van der Waals surface area contributed by atoms with Crippen LogP contribution in [0.15, 0.2) is 175 Å². The van der Waals surface area contributed by atoms with Gasteiger partial charge in [0.2, 0.25) is 0 Å². The van der Waals surface area contributed by atoms with Crippen LogP contribution in [0.25, 0.3) is 27.8 Å². The van der Waals surface area contributed by atoms with E-state index in [1.807, 2.05) is 0 Å². The first-order valence-electron chi connectivity index (χ1n) is 21.3. The zero-order chi connectivity index (χ0) is 38.1. The first-order valence-corrected chi connectivity index (χ1v) is 21.3. The van der Waals surface area contributed by atoms with Crippen LogP contribution in [0.5, 0.6) is 0 Å². The summed E-state index contributed by atoms with van der Waals surface area (Å²) in [5, 5.41) is 0. The minimum atomic E-state index is -0.326. The molecule has 2 spiro atoms. The third-order valence-corrected chi connectivity index (χ3v) is 16.2. The van der Waals surface area contributed by atoms with Gasteiger partial charge in [-0.3, -0.25) is 0 Å². The largest absolute Gasteiger partial charge is 0.0802 e. The molecule has 5 atom stereocenters. The smallest absolute Gasteiger partial charge is 0.0694 e. The lowest BCUT2D eigenvalue weighted by molar-refractivity contribution is 0.446. The predicted molar refractivity (Wildman–Crippen MR) is 235 cm³/mol. The molecule has 5 unspecified atom stereocenters. The van der Waals surface area contributed by atoms with Gasteiger partial charge in [-0.2, -0.15) is 0 Å². The molecule has 6 aromatic rings. The molecule has 0 amide bonds. The fraction of sp³-hybridized carbons (Fsp3) is 0.228. The maximum absolute atomic E-state index is 2.64. The molecule has 6 aromatic carbocycles. The Labute approximate surface area is 337 Å². The monoisotopic (exact) mass is 730 g/mol. The molecule has 0 aromatic heterocycles. The topological polar surface area (TPSA) is 0 Å². The van der Waals surface area contributed by atoms with Crippen LogP contribution < -0.4 is 0 Å². The van der Waals surface area contributed by atoms with E-state index in [9.17, 15) is 0 Å². The van der Waals surface area contributed by atoms with Crippen molar-refractivity contribution < 1.29 is 0 Å². The maximum Gasteiger partial charge on any atom is 0.0694 e. The molecule has 0 heterocycles. The van der Waals surface area contributed by atoms with Crippen molar-refractivity contribution in [2.75, 3.05) is 0 Å². The molecule has 57 heavy (non-hydrogen) atoms. The van der Waals surface area contributed by atoms with Crippen molar-refractivity contribution in [3.8, 4) is 22.3 Å². The van der Waals surface area contributed by atoms with Gasteiger partial charge in [0.25, 0.3) is 0 Å². The standard InChI is InChI=1S/C57H46/c1-34-38-20-14-26-50(53(38)56-33-37(56)15-13-25-45(34)56)55(4,36-28-30-43-39-16-5-9-21-46(39)54(2,3)51(43)31-36)32-35-27-29-44-42-19-8-12-24-49(42)57(52(35)44)47-22-10-6-17-40(47)41-18-7-11-23-48(41)57/h5-31,34-35,37H,32-33H2,1-4H3. The van der Waals surface area contributed by atoms with Crippen LogP contribution in [0.2, 0.25) is 0 Å². The van der Waals surface area contributed by atoms with Crippen molar-refractivity contribution in [2.45, 2.75) is 68.1 Å². The highest BCUT2D eigenvalue weighted by Gasteiger charge is 2.64. The van der Waals surface area contributed by atoms with Gasteiger partial charge in [-0.05, 0) is 108 Å². The fourth-order valence-corrected chi connectivity index (χ4v) is 13.7. The Morgan fingerprint density at radius 3 is 1.96 bits per heavy atom. The van der Waals surface area contributed by atoms with Crippen molar-refractivity contribution in [1.29, 1.82) is 0 Å². The minimum absolute atomic E-state index is 0.0717. The molecule has 13 rings (SSSR count). The third-order valence-electron chi connectivity index (χ3n) is 16.2. The molecule has 0 nitrogen and oxygen atoms in total. The second kappa shape index (κ2) is 10.6. The maximum atomic E-state index is 2.64. The van der Waals surface area contributed by atoms with Gasteiger partial charge >= 0.3 is 0 Å². The highest BCUT2D eigenvalue weighted by molar-refractivity contribution is 5.98. The van der Waals surface area contributed by atoms with Gasteiger partial charge in [-0.1, -0.05) is 197 Å². The van der Waals surface area contributed by atoms with E-state index in [1.54, 1.807) is 27.8 Å². The minimum Gasteiger partial charge on any atom is -0.0802 e. The van der Waals surface area contributed by atoms with Crippen LogP contribution in [0.4, 0.5) is 0 Å². The molecular weight excluding hydrogens is 685 g/mol. The zero-order valence-corrected chi connectivity index (χ0v) is 33.2. The van der Waals surface area contributed by atoms with E-state index in [2.05, 4.69) is 192 Å². The van der Waals surface area contributed by atoms with Gasteiger partial charge in [0, 0.05) is 28.1 Å². The summed E-state index contributed by atoms with van der Waals surface area (Å²) in [5.74, 6) is 1.27. The van der Waals surface area contributed by atoms with Crippen LogP contribution in [0, 0.1) is 11.8 Å². The van der Waals surface area contributed by atoms with Crippen LogP contribution in [0.3, 0.4) is 0 Å². The van der Waals surface area contributed by atoms with Crippen molar-refractivity contribution in [3.63, 3.8) is 0 Å². The quantitative estimate of drug-likeness (QED) is 0.169. The van der Waals surface area contributed by atoms with Gasteiger partial charge < -0.3 is 0 Å². The summed E-state index contributed by atoms with van der Waals surface area (Å²) >= 11 is 0. The van der Waals surface area contributed by atoms with E-state index in [0.717, 1.165) is 6.42 Å². The highest BCUT2D eigenvalue weighted by Crippen LogP contribution is 2.72. The van der Waals surface area contributed by atoms with Crippen LogP contribution in [-0.2, 0) is 21.7 Å². The van der Waals surface area contributed by atoms with Gasteiger partial charge in [0.15, 0.2) is 0 Å². The number of allylic oxidation sites excluding steroid dienone is 8. The van der Waals surface area contributed by atoms with Crippen LogP contribution in [0.1, 0.15) is 102 Å². The lowest BCUT2D eigenvalue weighted by atomic mass is 9.61. The van der Waals surface area contributed by atoms with Crippen molar-refractivity contribution in [1.82, 2.24) is 0 Å². The summed E-state index contributed by atoms with van der Waals surface area (Å²) in [7, 11) is 0. The summed E-state index contributed by atoms with van der Waals surface area (Å²) in [6.45, 7) is 9.96. The Kier molecular flexibility index (Phi) is 6.03. The molecule has 0 saturated heterocycles. The SMILES string of the molecule is CC1C2=CC=CC3CC23c2c1cccc2C(C)(CC1C=CC2=C1C1(c3ccccc32)c2ccccc2-c2ccccc21)c1ccc2c(c1)C(C)(C)c1ccccc1-2. The summed E-state index contributed by atoms with van der Waals surface area (Å²) in [5.41, 5.74) is 24.5. The van der Waals surface area contributed by atoms with Gasteiger partial charge in [-0.25, -0.2) is 0 Å². The van der Waals surface area contributed by atoms with E-state index in [4.69, 9.17) is 0 Å². The van der Waals surface area contributed by atoms with Gasteiger partial charge in [0.1, 0.15) is 0 Å². The molecule has 7 aliphatic carbocycles. The Bertz CT molecular complexity index is 2890. The van der Waals surface area contributed by atoms with E-state index < -0.39 is 0 Å². The first-order chi connectivity index (χ1) is 27.8. The second-order valence-electron chi connectivity index (χ2n) is 18.9. The molecule has 1 saturated carbocycles. The average Bonchev–Trinajstić information content (AvgIpc) is 3.41. The van der Waals surface area contributed by atoms with Crippen molar-refractivity contribution in [3.05, 3.63) is 231 Å². The number of hydrogen-bond acceptors (Lipinski definition) is 0. The van der Waals surface area contributed by atoms with E-state index in [1.165, 1.54) is 73.2 Å². The third kappa shape index (κ3) is 3.69. The molecule has 7 aliphatic rings. The average molecular weight is 731 g/mol. The Hall–Kier alpha value is -5.72. The van der Waals surface area contributed by atoms with E-state index >= 15 is 0 Å². The molecule has 1 fully saturated rings. The first kappa shape index (κ1) is 32.4. The van der Waals surface area contributed by atoms with Gasteiger partial charge in [-0.15, -0.1) is 0 Å². The summed E-state index contributed by atoms with van der Waals surface area (Å²) in [4.78, 5) is 0. The second-order valence-corrected chi connectivity index (χ2v) is 18.9. The molecule has 0 aliphatic heterocycles. The van der Waals surface area contributed by atoms with Crippen molar-refractivity contribution in [2.24, 2.45) is 11.8 Å². The summed E-state index contributed by atoms with van der Waals surface area (Å²) in [6.07, 6.45) is 14.6. The number of hydrogen-bond donors (Lipinski definition) is 0. The molecule has 274 valence electrons. The van der Waals surface area contributed by atoms with Crippen LogP contribution in [-0.4, -0.2) is 0 Å². The Morgan fingerprint density at radius 1 is 0.632 bits per heavy atom. The zero-order valence-electron chi connectivity index (χ0n) is 33.2. The lowest BCUT2D eigenvalue weighted by Gasteiger charge is -2.41. The fourth-order valence-electron chi connectivity index (χ4n) is 13.7. The highest BCUT2D eigenvalue weighted by atomic mass is 14.7. The van der Waals surface area contributed by atoms with E-state index in [-0.39, 0.29) is 27.6 Å². The predicted octanol–water partition coefficient (Wildman–Crippen LogP) is 13.5. The number of benzene rings is 6. The Balaban J connectivity index is 1.05. The molecular formula is C57H46. The van der Waals surface area contributed by atoms with E-state index in [0.29, 0.717) is 11.8 Å². The normalized spacial score (nSPS) is 25.8. The Morgan fingerprint density at radius 2 is 1.25 bits per heavy atom.